The van der Waals surface area contributed by atoms with Crippen molar-refractivity contribution in [3.05, 3.63) is 0 Å². The van der Waals surface area contributed by atoms with E-state index in [9.17, 15) is 0 Å². The molecule has 0 aromatic carbocycles. The van der Waals surface area contributed by atoms with Gasteiger partial charge in [-0.15, -0.1) is 0 Å². The molecule has 0 radical (unpaired) electrons. The van der Waals surface area contributed by atoms with Gasteiger partial charge in [-0.05, 0) is 50.2 Å². The first kappa shape index (κ1) is 15.9. The maximum absolute atomic E-state index is 5.80. The van der Waals surface area contributed by atoms with Crippen molar-refractivity contribution in [3.63, 3.8) is 0 Å². The van der Waals surface area contributed by atoms with Crippen molar-refractivity contribution in [2.45, 2.75) is 53.9 Å². The van der Waals surface area contributed by atoms with Crippen molar-refractivity contribution in [1.82, 2.24) is 4.90 Å². The summed E-state index contributed by atoms with van der Waals surface area (Å²) in [6.45, 7) is 15.7. The summed E-state index contributed by atoms with van der Waals surface area (Å²) in [6, 6.07) is 0. The fourth-order valence-electron chi connectivity index (χ4n) is 1.98. The van der Waals surface area contributed by atoms with Gasteiger partial charge < -0.3 is 10.6 Å². The summed E-state index contributed by atoms with van der Waals surface area (Å²) in [5.74, 6) is 0.825. The summed E-state index contributed by atoms with van der Waals surface area (Å²) in [5.41, 5.74) is 6.06. The Balaban J connectivity index is 3.96. The lowest BCUT2D eigenvalue weighted by atomic mass is 9.93. The molecule has 0 atom stereocenters. The van der Waals surface area contributed by atoms with Crippen LogP contribution in [0.15, 0.2) is 0 Å². The molecule has 16 heavy (non-hydrogen) atoms. The molecule has 98 valence electrons. The Morgan fingerprint density at radius 2 is 1.81 bits per heavy atom. The van der Waals surface area contributed by atoms with Crippen LogP contribution in [0.4, 0.5) is 0 Å². The molecule has 0 aliphatic heterocycles. The molecule has 2 heteroatoms. The van der Waals surface area contributed by atoms with Crippen LogP contribution in [-0.4, -0.2) is 31.1 Å². The lowest BCUT2D eigenvalue weighted by molar-refractivity contribution is 0.178. The summed E-state index contributed by atoms with van der Waals surface area (Å²) in [7, 11) is 0. The van der Waals surface area contributed by atoms with Gasteiger partial charge >= 0.3 is 0 Å². The van der Waals surface area contributed by atoms with E-state index in [1.54, 1.807) is 0 Å². The number of nitrogens with two attached hydrogens (primary N) is 1. The maximum Gasteiger partial charge on any atom is 0.00447 e. The van der Waals surface area contributed by atoms with Crippen molar-refractivity contribution in [2.24, 2.45) is 17.1 Å². The molecule has 0 spiro atoms. The molecule has 0 aromatic heterocycles. The van der Waals surface area contributed by atoms with E-state index in [4.69, 9.17) is 5.73 Å². The molecule has 0 saturated carbocycles. The Bertz CT molecular complexity index is 164. The number of hydrogen-bond donors (Lipinski definition) is 1. The minimum absolute atomic E-state index is 0.257. The van der Waals surface area contributed by atoms with Gasteiger partial charge in [-0.3, -0.25) is 0 Å². The zero-order chi connectivity index (χ0) is 12.6. The van der Waals surface area contributed by atoms with E-state index in [0.29, 0.717) is 0 Å². The van der Waals surface area contributed by atoms with Gasteiger partial charge in [0.2, 0.25) is 0 Å². The Kier molecular flexibility index (Phi) is 8.04. The second-order valence-corrected chi connectivity index (χ2v) is 6.18. The smallest absolute Gasteiger partial charge is 0.00447 e. The quantitative estimate of drug-likeness (QED) is 0.657. The summed E-state index contributed by atoms with van der Waals surface area (Å²) >= 11 is 0. The van der Waals surface area contributed by atoms with Gasteiger partial charge in [-0.25, -0.2) is 0 Å². The third kappa shape index (κ3) is 8.12. The Morgan fingerprint density at radius 3 is 2.25 bits per heavy atom. The molecule has 0 fully saturated rings. The van der Waals surface area contributed by atoms with Gasteiger partial charge in [0.1, 0.15) is 0 Å². The average Bonchev–Trinajstić information content (AvgIpc) is 2.17. The van der Waals surface area contributed by atoms with Crippen molar-refractivity contribution in [3.8, 4) is 0 Å². The summed E-state index contributed by atoms with van der Waals surface area (Å²) < 4.78 is 0. The highest BCUT2D eigenvalue weighted by Crippen LogP contribution is 2.16. The molecule has 2 N–H and O–H groups in total. The van der Waals surface area contributed by atoms with Crippen LogP contribution in [0.25, 0.3) is 0 Å². The van der Waals surface area contributed by atoms with Gasteiger partial charge in [0.05, 0.1) is 0 Å². The fraction of sp³-hybridized carbons (Fsp3) is 1.00. The number of rotatable bonds is 9. The van der Waals surface area contributed by atoms with Crippen LogP contribution >= 0.6 is 0 Å². The van der Waals surface area contributed by atoms with Crippen LogP contribution in [0, 0.1) is 11.3 Å². The van der Waals surface area contributed by atoms with Crippen molar-refractivity contribution < 1.29 is 0 Å². The van der Waals surface area contributed by atoms with Crippen LogP contribution in [0.1, 0.15) is 53.9 Å². The van der Waals surface area contributed by atoms with E-state index in [1.807, 2.05) is 0 Å². The third-order valence-electron chi connectivity index (χ3n) is 3.00. The highest BCUT2D eigenvalue weighted by atomic mass is 15.1. The second kappa shape index (κ2) is 8.08. The molecule has 0 aromatic rings. The Labute approximate surface area is 103 Å². The van der Waals surface area contributed by atoms with Gasteiger partial charge in [0.25, 0.3) is 0 Å². The van der Waals surface area contributed by atoms with E-state index >= 15 is 0 Å². The molecule has 0 aliphatic rings. The first-order chi connectivity index (χ1) is 7.41. The van der Waals surface area contributed by atoms with Gasteiger partial charge in [-0.2, -0.15) is 0 Å². The van der Waals surface area contributed by atoms with Crippen molar-refractivity contribution in [1.29, 1.82) is 0 Å². The zero-order valence-electron chi connectivity index (χ0n) is 12.1. The van der Waals surface area contributed by atoms with Crippen molar-refractivity contribution >= 4 is 0 Å². The van der Waals surface area contributed by atoms with Gasteiger partial charge in [0, 0.05) is 6.54 Å². The largest absolute Gasteiger partial charge is 0.330 e. The average molecular weight is 228 g/mol. The van der Waals surface area contributed by atoms with Crippen LogP contribution in [-0.2, 0) is 0 Å². The van der Waals surface area contributed by atoms with E-state index in [2.05, 4.69) is 39.5 Å². The van der Waals surface area contributed by atoms with Gasteiger partial charge in [-0.1, -0.05) is 34.6 Å². The first-order valence-corrected chi connectivity index (χ1v) is 6.83. The molecule has 0 saturated heterocycles. The second-order valence-electron chi connectivity index (χ2n) is 6.18. The predicted molar refractivity (Wildman–Crippen MR) is 73.6 cm³/mol. The lowest BCUT2D eigenvalue weighted by Crippen LogP contribution is -2.39. The maximum atomic E-state index is 5.80. The standard InChI is InChI=1S/C14H32N2/c1-6-9-16(10-7-8-13(2)3)12-14(4,5)11-15/h13H,6-12,15H2,1-5H3. The minimum Gasteiger partial charge on any atom is -0.330 e. The summed E-state index contributed by atoms with van der Waals surface area (Å²) in [6.07, 6.45) is 3.89. The molecule has 2 nitrogen and oxygen atoms in total. The lowest BCUT2D eigenvalue weighted by Gasteiger charge is -2.31. The normalized spacial score (nSPS) is 12.8. The third-order valence-corrected chi connectivity index (χ3v) is 3.00. The molecule has 0 heterocycles. The number of nitrogens with zero attached hydrogens (tertiary/aromatic N) is 1. The van der Waals surface area contributed by atoms with Crippen LogP contribution in [0.3, 0.4) is 0 Å². The fourth-order valence-corrected chi connectivity index (χ4v) is 1.98. The van der Waals surface area contributed by atoms with E-state index in [-0.39, 0.29) is 5.41 Å². The first-order valence-electron chi connectivity index (χ1n) is 6.83. The van der Waals surface area contributed by atoms with E-state index < -0.39 is 0 Å². The number of hydrogen-bond acceptors (Lipinski definition) is 2. The van der Waals surface area contributed by atoms with E-state index in [1.165, 1.54) is 32.4 Å². The van der Waals surface area contributed by atoms with E-state index in [0.717, 1.165) is 19.0 Å². The van der Waals surface area contributed by atoms with Crippen LogP contribution in [0.5, 0.6) is 0 Å². The SMILES string of the molecule is CCCN(CCCC(C)C)CC(C)(C)CN. The molecule has 0 amide bonds. The molecular formula is C14H32N2. The Morgan fingerprint density at radius 1 is 1.19 bits per heavy atom. The molecule has 0 unspecified atom stereocenters. The Hall–Kier alpha value is -0.0800. The minimum atomic E-state index is 0.257. The molecule has 0 aliphatic carbocycles. The van der Waals surface area contributed by atoms with Crippen molar-refractivity contribution in [2.75, 3.05) is 26.2 Å². The summed E-state index contributed by atoms with van der Waals surface area (Å²) in [5, 5.41) is 0. The van der Waals surface area contributed by atoms with Crippen LogP contribution < -0.4 is 5.73 Å². The highest BCUT2D eigenvalue weighted by molar-refractivity contribution is 4.74. The highest BCUT2D eigenvalue weighted by Gasteiger charge is 2.19. The van der Waals surface area contributed by atoms with Gasteiger partial charge in [0.15, 0.2) is 0 Å². The molecule has 0 bridgehead atoms. The molecule has 0 rings (SSSR count). The zero-order valence-corrected chi connectivity index (χ0v) is 12.1. The predicted octanol–water partition coefficient (Wildman–Crippen LogP) is 3.12. The van der Waals surface area contributed by atoms with Crippen LogP contribution in [0.2, 0.25) is 0 Å². The monoisotopic (exact) mass is 228 g/mol. The topological polar surface area (TPSA) is 29.3 Å². The molecular weight excluding hydrogens is 196 g/mol. The summed E-state index contributed by atoms with van der Waals surface area (Å²) in [4.78, 5) is 2.58.